The summed E-state index contributed by atoms with van der Waals surface area (Å²) in [5, 5.41) is 17.8. The molecule has 0 heterocycles. The number of nitrogens with two attached hydrogens (primary N) is 1. The van der Waals surface area contributed by atoms with Crippen molar-refractivity contribution in [2.24, 2.45) is 16.2 Å². The van der Waals surface area contributed by atoms with Crippen molar-refractivity contribution in [2.45, 2.75) is 6.54 Å². The van der Waals surface area contributed by atoms with Crippen LogP contribution in [0.1, 0.15) is 11.1 Å². The molecule has 0 spiro atoms. The normalized spacial score (nSPS) is 10.7. The van der Waals surface area contributed by atoms with Crippen LogP contribution in [0.2, 0.25) is 0 Å². The van der Waals surface area contributed by atoms with Crippen LogP contribution in [0.5, 0.6) is 5.75 Å². The Morgan fingerprint density at radius 1 is 1.00 bits per heavy atom. The number of anilines is 1. The molecule has 0 bridgehead atoms. The zero-order chi connectivity index (χ0) is 19.1. The predicted octanol–water partition coefficient (Wildman–Crippen LogP) is 4.63. The molecule has 3 rings (SSSR count). The molecule has 0 aromatic heterocycles. The molecular formula is C21H21N5O. The van der Waals surface area contributed by atoms with Gasteiger partial charge in [0.15, 0.2) is 5.84 Å². The highest BCUT2D eigenvalue weighted by Gasteiger charge is 2.03. The Morgan fingerprint density at radius 3 is 2.30 bits per heavy atom. The zero-order valence-electron chi connectivity index (χ0n) is 15.0. The molecule has 0 saturated heterocycles. The van der Waals surface area contributed by atoms with E-state index in [9.17, 15) is 0 Å². The van der Waals surface area contributed by atoms with Gasteiger partial charge in [-0.1, -0.05) is 53.8 Å². The summed E-state index contributed by atoms with van der Waals surface area (Å²) in [6.07, 6.45) is 0. The summed E-state index contributed by atoms with van der Waals surface area (Å²) in [5.74, 6) is 5.89. The van der Waals surface area contributed by atoms with Crippen molar-refractivity contribution in [3.8, 4) is 16.9 Å². The molecule has 136 valence electrons. The van der Waals surface area contributed by atoms with E-state index in [2.05, 4.69) is 39.9 Å². The number of hydrogen-bond acceptors (Lipinski definition) is 4. The molecule has 27 heavy (non-hydrogen) atoms. The zero-order valence-corrected chi connectivity index (χ0v) is 15.0. The second-order valence-electron chi connectivity index (χ2n) is 5.92. The van der Waals surface area contributed by atoms with Gasteiger partial charge in [0.05, 0.1) is 7.11 Å². The molecule has 0 aliphatic carbocycles. The summed E-state index contributed by atoms with van der Waals surface area (Å²) < 4.78 is 5.20. The lowest BCUT2D eigenvalue weighted by Crippen LogP contribution is -2.01. The number of nitrogens with zero attached hydrogens (tertiary/aromatic N) is 2. The first-order valence-electron chi connectivity index (χ1n) is 8.47. The molecule has 0 radical (unpaired) electrons. The largest absolute Gasteiger partial charge is 0.497 e. The summed E-state index contributed by atoms with van der Waals surface area (Å²) in [5.41, 5.74) is 5.03. The van der Waals surface area contributed by atoms with Crippen LogP contribution in [0, 0.1) is 5.41 Å². The third-order valence-corrected chi connectivity index (χ3v) is 4.17. The Hall–Kier alpha value is -3.67. The first-order valence-corrected chi connectivity index (χ1v) is 8.47. The Labute approximate surface area is 158 Å². The smallest absolute Gasteiger partial charge is 0.176 e. The number of rotatable bonds is 6. The van der Waals surface area contributed by atoms with Crippen molar-refractivity contribution in [2.75, 3.05) is 12.4 Å². The lowest BCUT2D eigenvalue weighted by atomic mass is 10.0. The van der Waals surface area contributed by atoms with Gasteiger partial charge in [0.1, 0.15) is 5.75 Å². The molecule has 4 N–H and O–H groups in total. The summed E-state index contributed by atoms with van der Waals surface area (Å²) >= 11 is 0. The van der Waals surface area contributed by atoms with Crippen molar-refractivity contribution < 1.29 is 4.74 Å². The average Bonchev–Trinajstić information content (AvgIpc) is 2.73. The van der Waals surface area contributed by atoms with E-state index in [0.29, 0.717) is 12.1 Å². The number of ether oxygens (including phenoxy) is 1. The number of amidine groups is 1. The van der Waals surface area contributed by atoms with E-state index in [0.717, 1.165) is 28.1 Å². The van der Waals surface area contributed by atoms with Crippen molar-refractivity contribution in [3.05, 3.63) is 83.9 Å². The van der Waals surface area contributed by atoms with Crippen molar-refractivity contribution >= 4 is 11.5 Å². The molecule has 0 atom stereocenters. The van der Waals surface area contributed by atoms with Gasteiger partial charge in [0, 0.05) is 17.8 Å². The molecule has 3 aromatic rings. The molecule has 0 aliphatic heterocycles. The average molecular weight is 359 g/mol. The van der Waals surface area contributed by atoms with Gasteiger partial charge >= 0.3 is 0 Å². The van der Waals surface area contributed by atoms with Crippen molar-refractivity contribution in [1.82, 2.24) is 0 Å². The van der Waals surface area contributed by atoms with Gasteiger partial charge in [-0.2, -0.15) is 0 Å². The Balaban J connectivity index is 1.65. The minimum absolute atomic E-state index is 0.0324. The van der Waals surface area contributed by atoms with Crippen LogP contribution in [0.3, 0.4) is 0 Å². The summed E-state index contributed by atoms with van der Waals surface area (Å²) in [6, 6.07) is 23.9. The van der Waals surface area contributed by atoms with Gasteiger partial charge in [-0.15, -0.1) is 5.11 Å². The molecule has 6 nitrogen and oxygen atoms in total. The number of nitrogens with one attached hydrogen (secondary N) is 2. The fraction of sp³-hybridized carbons (Fsp3) is 0.0952. The van der Waals surface area contributed by atoms with Gasteiger partial charge in [-0.25, -0.2) is 0 Å². The summed E-state index contributed by atoms with van der Waals surface area (Å²) in [6.45, 7) is 0.679. The highest BCUT2D eigenvalue weighted by molar-refractivity contribution is 5.97. The maximum absolute atomic E-state index is 7.78. The highest BCUT2D eigenvalue weighted by atomic mass is 16.5. The van der Waals surface area contributed by atoms with E-state index in [1.165, 1.54) is 0 Å². The summed E-state index contributed by atoms with van der Waals surface area (Å²) in [4.78, 5) is 0. The van der Waals surface area contributed by atoms with E-state index in [4.69, 9.17) is 16.0 Å². The van der Waals surface area contributed by atoms with E-state index in [1.807, 2.05) is 42.5 Å². The van der Waals surface area contributed by atoms with Gasteiger partial charge in [0.25, 0.3) is 0 Å². The Morgan fingerprint density at radius 2 is 1.67 bits per heavy atom. The topological polar surface area (TPSA) is 95.8 Å². The fourth-order valence-corrected chi connectivity index (χ4v) is 2.69. The minimum Gasteiger partial charge on any atom is -0.497 e. The molecular weight excluding hydrogens is 338 g/mol. The quantitative estimate of drug-likeness (QED) is 0.197. The van der Waals surface area contributed by atoms with Gasteiger partial charge in [-0.05, 0) is 41.0 Å². The van der Waals surface area contributed by atoms with E-state index in [1.54, 1.807) is 13.2 Å². The van der Waals surface area contributed by atoms with Crippen LogP contribution in [-0.4, -0.2) is 12.9 Å². The van der Waals surface area contributed by atoms with Crippen LogP contribution >= 0.6 is 0 Å². The maximum atomic E-state index is 7.78. The second-order valence-corrected chi connectivity index (χ2v) is 5.92. The molecule has 3 aromatic carbocycles. The Bertz CT molecular complexity index is 934. The van der Waals surface area contributed by atoms with Gasteiger partial charge < -0.3 is 15.9 Å². The number of benzene rings is 3. The maximum Gasteiger partial charge on any atom is 0.176 e. The van der Waals surface area contributed by atoms with Crippen LogP contribution in [0.25, 0.3) is 11.1 Å². The molecule has 0 aliphatic rings. The molecule has 6 heteroatoms. The first kappa shape index (κ1) is 18.1. The monoisotopic (exact) mass is 359 g/mol. The molecule has 0 saturated carbocycles. The van der Waals surface area contributed by atoms with Crippen molar-refractivity contribution in [3.63, 3.8) is 0 Å². The minimum atomic E-state index is 0.0324. The fourth-order valence-electron chi connectivity index (χ4n) is 2.69. The van der Waals surface area contributed by atoms with Crippen molar-refractivity contribution in [1.29, 1.82) is 5.41 Å². The predicted molar refractivity (Wildman–Crippen MR) is 108 cm³/mol. The van der Waals surface area contributed by atoms with E-state index >= 15 is 0 Å². The molecule has 0 amide bonds. The first-order chi connectivity index (χ1) is 13.2. The number of methoxy groups -OCH3 is 1. The number of hydrogen-bond donors (Lipinski definition) is 3. The SMILES string of the molecule is COc1ccc(-c2ccc(CNc3cccc(C(=N)N=NN)c3)cc2)cc1. The van der Waals surface area contributed by atoms with Crippen LogP contribution in [-0.2, 0) is 6.54 Å². The van der Waals surface area contributed by atoms with Gasteiger partial charge in [-0.3, -0.25) is 5.41 Å². The van der Waals surface area contributed by atoms with Crippen LogP contribution < -0.4 is 15.9 Å². The molecule has 0 unspecified atom stereocenters. The van der Waals surface area contributed by atoms with Gasteiger partial charge in [0.2, 0.25) is 0 Å². The Kier molecular flexibility index (Phi) is 5.79. The summed E-state index contributed by atoms with van der Waals surface area (Å²) in [7, 11) is 1.66. The second kappa shape index (κ2) is 8.62. The van der Waals surface area contributed by atoms with Crippen LogP contribution in [0.15, 0.2) is 83.1 Å². The van der Waals surface area contributed by atoms with E-state index < -0.39 is 0 Å². The third kappa shape index (κ3) is 4.70. The molecule has 0 fully saturated rings. The van der Waals surface area contributed by atoms with Crippen LogP contribution in [0.4, 0.5) is 5.69 Å². The highest BCUT2D eigenvalue weighted by Crippen LogP contribution is 2.23. The third-order valence-electron chi connectivity index (χ3n) is 4.17. The lowest BCUT2D eigenvalue weighted by molar-refractivity contribution is 0.415. The lowest BCUT2D eigenvalue weighted by Gasteiger charge is -2.09. The standard InChI is InChI=1S/C21H21N5O/c1-27-20-11-9-17(10-12-20)16-7-5-15(6-8-16)14-24-19-4-2-3-18(13-19)21(22)25-26-23/h2-13,24H,14H2,1H3,(H3,22,23,25). The van der Waals surface area contributed by atoms with E-state index in [-0.39, 0.29) is 5.84 Å².